The summed E-state index contributed by atoms with van der Waals surface area (Å²) in [6.07, 6.45) is 2.71. The SMILES string of the molecule is CC(C)(C)OCCOC(=O)CC1(CS)CC1. The molecule has 1 aliphatic rings. The fourth-order valence-corrected chi connectivity index (χ4v) is 1.86. The summed E-state index contributed by atoms with van der Waals surface area (Å²) in [6, 6.07) is 0. The third-order valence-corrected chi connectivity index (χ3v) is 3.36. The molecule has 0 aromatic heterocycles. The average Bonchev–Trinajstić information content (AvgIpc) is 2.92. The van der Waals surface area contributed by atoms with Crippen LogP contribution in [0.1, 0.15) is 40.0 Å². The Labute approximate surface area is 103 Å². The molecule has 94 valence electrons. The van der Waals surface area contributed by atoms with E-state index in [0.29, 0.717) is 19.6 Å². The maximum Gasteiger partial charge on any atom is 0.306 e. The highest BCUT2D eigenvalue weighted by atomic mass is 32.1. The van der Waals surface area contributed by atoms with Gasteiger partial charge in [0.1, 0.15) is 6.61 Å². The van der Waals surface area contributed by atoms with Crippen molar-refractivity contribution in [2.45, 2.75) is 45.6 Å². The maximum absolute atomic E-state index is 11.5. The second-order valence-electron chi connectivity index (χ2n) is 5.52. The third-order valence-electron chi connectivity index (χ3n) is 2.69. The second kappa shape index (κ2) is 5.41. The fourth-order valence-electron chi connectivity index (χ4n) is 1.43. The number of carbonyl (C=O) groups excluding carboxylic acids is 1. The van der Waals surface area contributed by atoms with Crippen molar-refractivity contribution in [2.24, 2.45) is 5.41 Å². The van der Waals surface area contributed by atoms with Crippen molar-refractivity contribution in [1.29, 1.82) is 0 Å². The van der Waals surface area contributed by atoms with Gasteiger partial charge in [0, 0.05) is 0 Å². The quantitative estimate of drug-likeness (QED) is 0.444. The molecule has 1 fully saturated rings. The first kappa shape index (κ1) is 13.8. The number of rotatable bonds is 6. The third kappa shape index (κ3) is 5.21. The standard InChI is InChI=1S/C12H22O3S/c1-11(2,3)15-7-6-14-10(13)8-12(9-16)4-5-12/h16H,4-9H2,1-3H3. The molecule has 0 heterocycles. The Morgan fingerprint density at radius 1 is 1.31 bits per heavy atom. The number of ether oxygens (including phenoxy) is 2. The van der Waals surface area contributed by atoms with Gasteiger partial charge in [0.25, 0.3) is 0 Å². The highest BCUT2D eigenvalue weighted by Crippen LogP contribution is 2.49. The molecule has 0 atom stereocenters. The zero-order valence-electron chi connectivity index (χ0n) is 10.4. The van der Waals surface area contributed by atoms with E-state index in [1.54, 1.807) is 0 Å². The van der Waals surface area contributed by atoms with E-state index < -0.39 is 0 Å². The summed E-state index contributed by atoms with van der Waals surface area (Å²) in [5, 5.41) is 0. The Morgan fingerprint density at radius 2 is 1.94 bits per heavy atom. The van der Waals surface area contributed by atoms with Crippen LogP contribution in [0, 0.1) is 5.41 Å². The molecule has 0 N–H and O–H groups in total. The van der Waals surface area contributed by atoms with Crippen molar-refractivity contribution in [1.82, 2.24) is 0 Å². The minimum absolute atomic E-state index is 0.121. The Kier molecular flexibility index (Phi) is 4.68. The van der Waals surface area contributed by atoms with Gasteiger partial charge in [-0.3, -0.25) is 4.79 Å². The van der Waals surface area contributed by atoms with E-state index in [0.717, 1.165) is 18.6 Å². The van der Waals surface area contributed by atoms with E-state index in [1.165, 1.54) is 0 Å². The molecule has 0 aromatic carbocycles. The predicted molar refractivity (Wildman–Crippen MR) is 66.8 cm³/mol. The molecule has 0 bridgehead atoms. The first-order valence-electron chi connectivity index (χ1n) is 5.77. The van der Waals surface area contributed by atoms with Gasteiger partial charge in [-0.2, -0.15) is 12.6 Å². The molecule has 0 amide bonds. The Balaban J connectivity index is 2.07. The molecule has 3 nitrogen and oxygen atoms in total. The van der Waals surface area contributed by atoms with E-state index in [-0.39, 0.29) is 17.0 Å². The molecule has 0 unspecified atom stereocenters. The van der Waals surface area contributed by atoms with Crippen LogP contribution < -0.4 is 0 Å². The van der Waals surface area contributed by atoms with Gasteiger partial charge >= 0.3 is 5.97 Å². The lowest BCUT2D eigenvalue weighted by Crippen LogP contribution is -2.23. The van der Waals surface area contributed by atoms with Crippen LogP contribution in [-0.2, 0) is 14.3 Å². The van der Waals surface area contributed by atoms with Crippen LogP contribution >= 0.6 is 12.6 Å². The molecular formula is C12H22O3S. The van der Waals surface area contributed by atoms with Crippen molar-refractivity contribution >= 4 is 18.6 Å². The van der Waals surface area contributed by atoms with Gasteiger partial charge in [0.2, 0.25) is 0 Å². The minimum Gasteiger partial charge on any atom is -0.463 e. The van der Waals surface area contributed by atoms with Gasteiger partial charge in [-0.1, -0.05) is 0 Å². The molecule has 16 heavy (non-hydrogen) atoms. The van der Waals surface area contributed by atoms with Gasteiger partial charge in [0.05, 0.1) is 18.6 Å². The molecule has 0 radical (unpaired) electrons. The van der Waals surface area contributed by atoms with Crippen molar-refractivity contribution < 1.29 is 14.3 Å². The summed E-state index contributed by atoms with van der Waals surface area (Å²) < 4.78 is 10.6. The van der Waals surface area contributed by atoms with E-state index in [4.69, 9.17) is 9.47 Å². The van der Waals surface area contributed by atoms with Gasteiger partial charge < -0.3 is 9.47 Å². The van der Waals surface area contributed by atoms with Crippen molar-refractivity contribution in [3.05, 3.63) is 0 Å². The lowest BCUT2D eigenvalue weighted by atomic mass is 10.1. The number of hydrogen-bond acceptors (Lipinski definition) is 4. The van der Waals surface area contributed by atoms with Gasteiger partial charge in [-0.15, -0.1) is 0 Å². The summed E-state index contributed by atoms with van der Waals surface area (Å²) in [5.41, 5.74) is -0.0275. The molecule has 0 spiro atoms. The van der Waals surface area contributed by atoms with Gasteiger partial charge in [-0.05, 0) is 44.8 Å². The number of hydrogen-bond donors (Lipinski definition) is 1. The molecule has 1 saturated carbocycles. The lowest BCUT2D eigenvalue weighted by molar-refractivity contribution is -0.148. The topological polar surface area (TPSA) is 35.5 Å². The number of carbonyl (C=O) groups is 1. The summed E-state index contributed by atoms with van der Waals surface area (Å²) >= 11 is 4.25. The highest BCUT2D eigenvalue weighted by Gasteiger charge is 2.43. The summed E-state index contributed by atoms with van der Waals surface area (Å²) in [7, 11) is 0. The molecular weight excluding hydrogens is 224 g/mol. The largest absolute Gasteiger partial charge is 0.463 e. The van der Waals surface area contributed by atoms with Crippen LogP contribution in [0.25, 0.3) is 0 Å². The monoisotopic (exact) mass is 246 g/mol. The maximum atomic E-state index is 11.5. The number of thiol groups is 1. The van der Waals surface area contributed by atoms with Crippen LogP contribution in [0.2, 0.25) is 0 Å². The van der Waals surface area contributed by atoms with Gasteiger partial charge in [0.15, 0.2) is 0 Å². The summed E-state index contributed by atoms with van der Waals surface area (Å²) in [4.78, 5) is 11.5. The summed E-state index contributed by atoms with van der Waals surface area (Å²) in [5.74, 6) is 0.657. The molecule has 4 heteroatoms. The Hall–Kier alpha value is -0.220. The van der Waals surface area contributed by atoms with Crippen LogP contribution in [0.5, 0.6) is 0 Å². The van der Waals surface area contributed by atoms with Crippen LogP contribution in [-0.4, -0.2) is 30.5 Å². The minimum atomic E-state index is -0.171. The zero-order chi connectivity index (χ0) is 12.2. The fraction of sp³-hybridized carbons (Fsp3) is 0.917. The van der Waals surface area contributed by atoms with Crippen LogP contribution in [0.4, 0.5) is 0 Å². The molecule has 1 aliphatic carbocycles. The molecule has 1 rings (SSSR count). The highest BCUT2D eigenvalue weighted by molar-refractivity contribution is 7.80. The number of esters is 1. The first-order valence-corrected chi connectivity index (χ1v) is 6.41. The van der Waals surface area contributed by atoms with Crippen molar-refractivity contribution in [3.8, 4) is 0 Å². The van der Waals surface area contributed by atoms with Crippen molar-refractivity contribution in [3.63, 3.8) is 0 Å². The first-order chi connectivity index (χ1) is 7.37. The van der Waals surface area contributed by atoms with Gasteiger partial charge in [-0.25, -0.2) is 0 Å². The lowest BCUT2D eigenvalue weighted by Gasteiger charge is -2.19. The second-order valence-corrected chi connectivity index (χ2v) is 5.83. The Bertz CT molecular complexity index is 241. The van der Waals surface area contributed by atoms with Crippen molar-refractivity contribution in [2.75, 3.05) is 19.0 Å². The van der Waals surface area contributed by atoms with Crippen LogP contribution in [0.3, 0.4) is 0 Å². The van der Waals surface area contributed by atoms with E-state index in [1.807, 2.05) is 20.8 Å². The van der Waals surface area contributed by atoms with Crippen LogP contribution in [0.15, 0.2) is 0 Å². The predicted octanol–water partition coefficient (Wildman–Crippen LogP) is 2.44. The smallest absolute Gasteiger partial charge is 0.306 e. The average molecular weight is 246 g/mol. The van der Waals surface area contributed by atoms with E-state index in [2.05, 4.69) is 12.6 Å². The zero-order valence-corrected chi connectivity index (χ0v) is 11.3. The normalized spacial score (nSPS) is 18.2. The van der Waals surface area contributed by atoms with E-state index in [9.17, 15) is 4.79 Å². The molecule has 0 saturated heterocycles. The van der Waals surface area contributed by atoms with E-state index >= 15 is 0 Å². The molecule has 0 aromatic rings. The summed E-state index contributed by atoms with van der Waals surface area (Å²) in [6.45, 7) is 6.75. The molecule has 0 aliphatic heterocycles. The Morgan fingerprint density at radius 3 is 2.38 bits per heavy atom.